The minimum atomic E-state index is -2.96. The quantitative estimate of drug-likeness (QED) is 0.0943. The zero-order chi connectivity index (χ0) is 68.3. The first-order valence-electron chi connectivity index (χ1n) is 37.1. The molecule has 0 saturated carbocycles. The number of rotatable bonds is 20. The molecule has 7 bridgehead atoms. The van der Waals surface area contributed by atoms with E-state index in [2.05, 4.69) is 236 Å². The lowest BCUT2D eigenvalue weighted by Crippen LogP contribution is -2.66. The third-order valence-corrected chi connectivity index (χ3v) is 44.8. The third-order valence-electron chi connectivity index (χ3n) is 25.2. The SMILES string of the molecule is C=C1C/C=C/C(O[Si](C)(C)C)[C@@]2(C[C@H](C)[C@@H](C)CO[Si](C)(C)C(C)(C)C)CCC(CO[Si](c3ccccc3)(c3ccccc3)C(C)(C)C)=C[C@@H]2[C@@H]2O[C@]3(C[C@H]4CCC[C@@]5(CC[C@@]6(O[C@@H](CC[C@@]6(C)O[Si](CC)(CC)CC)C1)O5)O4)C[C@@H](C)[C@@H](O[Si](C)(C)C(C)(C)C)[C@H]2O3. The second-order valence-corrected chi connectivity index (χ2v) is 59.1. The molecule has 3 spiro atoms. The highest BCUT2D eigenvalue weighted by atomic mass is 28.4. The van der Waals surface area contributed by atoms with E-state index in [9.17, 15) is 0 Å². The van der Waals surface area contributed by atoms with E-state index < -0.39 is 70.0 Å². The molecule has 15 atom stereocenters. The van der Waals surface area contributed by atoms with Gasteiger partial charge >= 0.3 is 0 Å². The highest BCUT2D eigenvalue weighted by Gasteiger charge is 2.68. The van der Waals surface area contributed by atoms with Crippen LogP contribution >= 0.6 is 0 Å². The Morgan fingerprint density at radius 2 is 1.26 bits per heavy atom. The number of fused-ring (bicyclic) bond motifs is 7. The van der Waals surface area contributed by atoms with Crippen molar-refractivity contribution in [2.45, 2.75) is 339 Å². The van der Waals surface area contributed by atoms with Gasteiger partial charge < -0.3 is 45.8 Å². The molecule has 0 amide bonds. The van der Waals surface area contributed by atoms with E-state index in [4.69, 9.17) is 52.4 Å². The van der Waals surface area contributed by atoms with Crippen molar-refractivity contribution in [2.24, 2.45) is 29.1 Å². The van der Waals surface area contributed by atoms with Gasteiger partial charge in [-0.05, 0) is 177 Å². The number of ether oxygens (including phenoxy) is 5. The molecule has 5 saturated heterocycles. The Morgan fingerprint density at radius 3 is 1.84 bits per heavy atom. The van der Waals surface area contributed by atoms with E-state index in [1.165, 1.54) is 15.9 Å². The summed E-state index contributed by atoms with van der Waals surface area (Å²) in [5.74, 6) is -2.20. The smallest absolute Gasteiger partial charge is 0.261 e. The minimum absolute atomic E-state index is 0.0265. The van der Waals surface area contributed by atoms with Crippen LogP contribution in [0, 0.1) is 29.1 Å². The van der Waals surface area contributed by atoms with Crippen molar-refractivity contribution in [3.63, 3.8) is 0 Å². The topological polar surface area (TPSA) is 92.3 Å². The molecule has 93 heavy (non-hydrogen) atoms. The van der Waals surface area contributed by atoms with E-state index in [1.54, 1.807) is 0 Å². The van der Waals surface area contributed by atoms with Gasteiger partial charge in [0, 0.05) is 50.0 Å². The fourth-order valence-electron chi connectivity index (χ4n) is 17.1. The Hall–Kier alpha value is -1.66. The van der Waals surface area contributed by atoms with Crippen LogP contribution in [0.5, 0.6) is 0 Å². The molecule has 524 valence electrons. The van der Waals surface area contributed by atoms with Gasteiger partial charge in [-0.1, -0.05) is 195 Å². The molecule has 5 fully saturated rings. The average molecular weight is 1370 g/mol. The van der Waals surface area contributed by atoms with Gasteiger partial charge in [0.15, 0.2) is 50.6 Å². The van der Waals surface area contributed by atoms with Gasteiger partial charge in [0.05, 0.1) is 37.1 Å². The molecule has 0 radical (unpaired) electrons. The molecular formula is C78H132O10Si5. The maximum absolute atomic E-state index is 8.32. The fourth-order valence-corrected chi connectivity index (χ4v) is 28.4. The molecule has 2 aromatic rings. The van der Waals surface area contributed by atoms with E-state index in [0.717, 1.165) is 101 Å². The summed E-state index contributed by atoms with van der Waals surface area (Å²) in [4.78, 5) is 0. The molecule has 1 unspecified atom stereocenters. The van der Waals surface area contributed by atoms with E-state index in [1.807, 2.05) is 0 Å². The third kappa shape index (κ3) is 15.6. The Balaban J connectivity index is 1.24. The van der Waals surface area contributed by atoms with Crippen molar-refractivity contribution in [2.75, 3.05) is 13.2 Å². The van der Waals surface area contributed by atoms with E-state index in [0.29, 0.717) is 25.9 Å². The van der Waals surface area contributed by atoms with Crippen molar-refractivity contribution < 1.29 is 45.8 Å². The molecule has 0 N–H and O–H groups in total. The minimum Gasteiger partial charge on any atom is -0.417 e. The molecule has 7 aliphatic rings. The van der Waals surface area contributed by atoms with Crippen molar-refractivity contribution in [3.8, 4) is 0 Å². The molecule has 15 heteroatoms. The Morgan fingerprint density at radius 1 is 0.645 bits per heavy atom. The van der Waals surface area contributed by atoms with Gasteiger partial charge in [0.1, 0.15) is 11.7 Å². The predicted molar refractivity (Wildman–Crippen MR) is 397 cm³/mol. The zero-order valence-electron chi connectivity index (χ0n) is 63.0. The number of hydrogen-bond donors (Lipinski definition) is 0. The molecule has 1 aliphatic carbocycles. The lowest BCUT2D eigenvalue weighted by molar-refractivity contribution is -0.400. The Labute approximate surface area is 572 Å². The maximum Gasteiger partial charge on any atom is 0.261 e. The van der Waals surface area contributed by atoms with Gasteiger partial charge in [-0.2, -0.15) is 0 Å². The second kappa shape index (κ2) is 28.0. The summed E-state index contributed by atoms with van der Waals surface area (Å²) in [6, 6.07) is 25.5. The highest BCUT2D eigenvalue weighted by Crippen LogP contribution is 2.61. The lowest BCUT2D eigenvalue weighted by atomic mass is 9.57. The number of benzene rings is 2. The van der Waals surface area contributed by atoms with Crippen LogP contribution in [0.1, 0.15) is 201 Å². The van der Waals surface area contributed by atoms with Crippen LogP contribution in [0.15, 0.2) is 96.6 Å². The summed E-state index contributed by atoms with van der Waals surface area (Å²) >= 11 is 0. The first kappa shape index (κ1) is 75.5. The fraction of sp³-hybridized carbons (Fsp3) is 0.769. The van der Waals surface area contributed by atoms with E-state index >= 15 is 0 Å². The molecule has 6 aliphatic heterocycles. The Kier molecular flexibility index (Phi) is 22.8. The summed E-state index contributed by atoms with van der Waals surface area (Å²) in [7, 11) is -11.9. The standard InChI is InChI=1S/C78H132O10Si5/c1-25-92(26-2,27-3)88-74(17)46-44-62-50-57(4)36-34-42-67(85-89(18,19)20)75(52-58(5)60(7)55-79-90(21,22)71(8,9)10)47-43-61(56-80-93(73(14,15)16,64-38-30-28-31-39-64)65-40-32-29-33-41-65)51-66(75)69-70-68(86-91(23,24)72(11,12)13)59(6)53-77(83-69,84-70)54-63-37-35-45-76(81-63)48-49-78(74,82-62)87-76/h28-34,38-42,51,58-60,62-63,66-70H,4,25-27,35-37,43-50,52-56H2,1-3,5-24H3/b42-34+/t58-,59+,60-,62-,63+,66+,67?,68+,69-,70+,74+,75+,76+,77+,78+/m0/s1. The molecule has 2 aromatic carbocycles. The van der Waals surface area contributed by atoms with E-state index in [-0.39, 0.29) is 75.4 Å². The van der Waals surface area contributed by atoms with Crippen LogP contribution in [0.2, 0.25) is 79.1 Å². The zero-order valence-corrected chi connectivity index (χ0v) is 68.0. The van der Waals surface area contributed by atoms with Gasteiger partial charge in [-0.3, -0.25) is 0 Å². The highest BCUT2D eigenvalue weighted by molar-refractivity contribution is 6.99. The predicted octanol–water partition coefficient (Wildman–Crippen LogP) is 19.7. The van der Waals surface area contributed by atoms with Crippen LogP contribution < -0.4 is 10.4 Å². The van der Waals surface area contributed by atoms with Crippen LogP contribution in [-0.4, -0.2) is 114 Å². The van der Waals surface area contributed by atoms with Gasteiger partial charge in [0.2, 0.25) is 0 Å². The summed E-state index contributed by atoms with van der Waals surface area (Å²) in [5, 5.41) is 2.46. The van der Waals surface area contributed by atoms with Gasteiger partial charge in [-0.15, -0.1) is 0 Å². The van der Waals surface area contributed by atoms with Crippen LogP contribution in [0.4, 0.5) is 0 Å². The van der Waals surface area contributed by atoms with Crippen LogP contribution in [0.3, 0.4) is 0 Å². The largest absolute Gasteiger partial charge is 0.417 e. The number of hydrogen-bond acceptors (Lipinski definition) is 10. The molecule has 9 rings (SSSR count). The summed E-state index contributed by atoms with van der Waals surface area (Å²) < 4.78 is 78.2. The maximum atomic E-state index is 8.32. The first-order chi connectivity index (χ1) is 43.2. The van der Waals surface area contributed by atoms with Crippen molar-refractivity contribution in [3.05, 3.63) is 96.6 Å². The van der Waals surface area contributed by atoms with Crippen LogP contribution in [-0.2, 0) is 45.8 Å². The van der Waals surface area contributed by atoms with Crippen molar-refractivity contribution >= 4 is 52.0 Å². The van der Waals surface area contributed by atoms with Gasteiger partial charge in [-0.25, -0.2) is 0 Å². The van der Waals surface area contributed by atoms with Crippen molar-refractivity contribution in [1.29, 1.82) is 0 Å². The number of allylic oxidation sites excluding steroid dienone is 1. The first-order valence-corrected chi connectivity index (χ1v) is 50.7. The van der Waals surface area contributed by atoms with Gasteiger partial charge in [0.25, 0.3) is 8.32 Å². The second-order valence-electron chi connectivity index (χ2n) is 36.1. The summed E-state index contributed by atoms with van der Waals surface area (Å²) in [6.45, 7) is 61.0. The average Bonchev–Trinajstić information content (AvgIpc) is 1.58. The molecule has 10 nitrogen and oxygen atoms in total. The monoisotopic (exact) mass is 1370 g/mol. The molecule has 6 heterocycles. The lowest BCUT2D eigenvalue weighted by Gasteiger charge is -2.55. The van der Waals surface area contributed by atoms with Crippen molar-refractivity contribution in [1.82, 2.24) is 0 Å². The molecule has 0 aromatic heterocycles. The molecular weight excluding hydrogens is 1240 g/mol. The Bertz CT molecular complexity index is 2840. The summed E-state index contributed by atoms with van der Waals surface area (Å²) in [5.41, 5.74) is 1.40. The normalized spacial score (nSPS) is 34.6. The van der Waals surface area contributed by atoms with Crippen LogP contribution in [0.25, 0.3) is 0 Å². The summed E-state index contributed by atoms with van der Waals surface area (Å²) in [6.07, 6.45) is 17.5.